The molecule has 1 aliphatic heterocycles. The van der Waals surface area contributed by atoms with Crippen LogP contribution >= 0.6 is 0 Å². The Morgan fingerprint density at radius 2 is 2.00 bits per heavy atom. The zero-order valence-corrected chi connectivity index (χ0v) is 9.83. The van der Waals surface area contributed by atoms with E-state index < -0.39 is 0 Å². The van der Waals surface area contributed by atoms with Gasteiger partial charge in [0.2, 0.25) is 5.95 Å². The summed E-state index contributed by atoms with van der Waals surface area (Å²) in [5.41, 5.74) is 0.366. The Labute approximate surface area is 99.8 Å². The van der Waals surface area contributed by atoms with E-state index in [1.807, 2.05) is 11.0 Å². The minimum atomic E-state index is 0.00865. The lowest BCUT2D eigenvalue weighted by atomic mass is 10.3. The number of aromatic nitrogens is 2. The van der Waals surface area contributed by atoms with Crippen LogP contribution in [0.25, 0.3) is 0 Å². The maximum atomic E-state index is 8.79. The SMILES string of the molecule is COC1CN(c2nccc(C#N)n2)CC1OC. The van der Waals surface area contributed by atoms with Gasteiger partial charge in [-0.1, -0.05) is 0 Å². The lowest BCUT2D eigenvalue weighted by Crippen LogP contribution is -2.27. The molecule has 90 valence electrons. The number of hydrogen-bond acceptors (Lipinski definition) is 6. The molecule has 1 fully saturated rings. The van der Waals surface area contributed by atoms with Crippen LogP contribution in [-0.4, -0.2) is 49.5 Å². The number of nitriles is 1. The number of methoxy groups -OCH3 is 2. The monoisotopic (exact) mass is 234 g/mol. The summed E-state index contributed by atoms with van der Waals surface area (Å²) in [5, 5.41) is 8.79. The van der Waals surface area contributed by atoms with E-state index in [9.17, 15) is 0 Å². The number of nitrogens with zero attached hydrogens (tertiary/aromatic N) is 4. The first kappa shape index (κ1) is 11.8. The van der Waals surface area contributed by atoms with Crippen molar-refractivity contribution in [3.05, 3.63) is 18.0 Å². The van der Waals surface area contributed by atoms with Gasteiger partial charge in [-0.2, -0.15) is 5.26 Å². The maximum Gasteiger partial charge on any atom is 0.226 e. The van der Waals surface area contributed by atoms with Gasteiger partial charge in [0.1, 0.15) is 24.0 Å². The number of hydrogen-bond donors (Lipinski definition) is 0. The molecule has 0 radical (unpaired) electrons. The molecule has 1 aliphatic rings. The molecule has 1 aromatic heterocycles. The maximum absolute atomic E-state index is 8.79. The molecule has 0 aromatic carbocycles. The van der Waals surface area contributed by atoms with E-state index in [0.717, 1.165) is 0 Å². The summed E-state index contributed by atoms with van der Waals surface area (Å²) in [4.78, 5) is 10.3. The van der Waals surface area contributed by atoms with Gasteiger partial charge in [0.05, 0.1) is 0 Å². The largest absolute Gasteiger partial charge is 0.377 e. The summed E-state index contributed by atoms with van der Waals surface area (Å²) in [6, 6.07) is 3.59. The first-order valence-corrected chi connectivity index (χ1v) is 5.32. The molecule has 2 unspecified atom stereocenters. The van der Waals surface area contributed by atoms with Crippen molar-refractivity contribution in [2.75, 3.05) is 32.2 Å². The predicted molar refractivity (Wildman–Crippen MR) is 60.6 cm³/mol. The molecule has 1 aromatic rings. The third-order valence-corrected chi connectivity index (χ3v) is 2.86. The second-order valence-electron chi connectivity index (χ2n) is 3.81. The van der Waals surface area contributed by atoms with Crippen molar-refractivity contribution in [1.82, 2.24) is 9.97 Å². The van der Waals surface area contributed by atoms with Gasteiger partial charge in [0.15, 0.2) is 0 Å². The lowest BCUT2D eigenvalue weighted by molar-refractivity contribution is -0.00461. The highest BCUT2D eigenvalue weighted by Crippen LogP contribution is 2.20. The van der Waals surface area contributed by atoms with E-state index >= 15 is 0 Å². The van der Waals surface area contributed by atoms with E-state index in [4.69, 9.17) is 14.7 Å². The molecule has 2 heterocycles. The summed E-state index contributed by atoms with van der Waals surface area (Å²) in [7, 11) is 3.32. The molecule has 0 aliphatic carbocycles. The van der Waals surface area contributed by atoms with Crippen molar-refractivity contribution < 1.29 is 9.47 Å². The highest BCUT2D eigenvalue weighted by molar-refractivity contribution is 5.36. The van der Waals surface area contributed by atoms with Crippen LogP contribution in [0.4, 0.5) is 5.95 Å². The van der Waals surface area contributed by atoms with Crippen LogP contribution in [0.1, 0.15) is 5.69 Å². The van der Waals surface area contributed by atoms with Crippen molar-refractivity contribution in [3.63, 3.8) is 0 Å². The van der Waals surface area contributed by atoms with Crippen LogP contribution in [0.15, 0.2) is 12.3 Å². The van der Waals surface area contributed by atoms with Crippen molar-refractivity contribution in [3.8, 4) is 6.07 Å². The van der Waals surface area contributed by atoms with Crippen molar-refractivity contribution in [1.29, 1.82) is 5.26 Å². The van der Waals surface area contributed by atoms with Gasteiger partial charge in [-0.3, -0.25) is 0 Å². The summed E-state index contributed by atoms with van der Waals surface area (Å²) < 4.78 is 10.7. The van der Waals surface area contributed by atoms with Crippen LogP contribution < -0.4 is 4.90 Å². The third kappa shape index (κ3) is 2.35. The third-order valence-electron chi connectivity index (χ3n) is 2.86. The Hall–Kier alpha value is -1.71. The van der Waals surface area contributed by atoms with E-state index in [-0.39, 0.29) is 12.2 Å². The first-order chi connectivity index (χ1) is 8.28. The summed E-state index contributed by atoms with van der Waals surface area (Å²) >= 11 is 0. The van der Waals surface area contributed by atoms with Gasteiger partial charge in [0, 0.05) is 33.5 Å². The molecule has 0 spiro atoms. The number of rotatable bonds is 3. The highest BCUT2D eigenvalue weighted by atomic mass is 16.5. The Morgan fingerprint density at radius 1 is 1.35 bits per heavy atom. The average molecular weight is 234 g/mol. The highest BCUT2D eigenvalue weighted by Gasteiger charge is 2.34. The van der Waals surface area contributed by atoms with Gasteiger partial charge in [-0.25, -0.2) is 9.97 Å². The minimum Gasteiger partial charge on any atom is -0.377 e. The fourth-order valence-corrected chi connectivity index (χ4v) is 1.92. The molecule has 6 heteroatoms. The Balaban J connectivity index is 2.16. The molecular formula is C11H14N4O2. The van der Waals surface area contributed by atoms with Gasteiger partial charge in [-0.05, 0) is 6.07 Å². The standard InChI is InChI=1S/C11H14N4O2/c1-16-9-6-15(7-10(9)17-2)11-13-4-3-8(5-12)14-11/h3-4,9-10H,6-7H2,1-2H3. The quantitative estimate of drug-likeness (QED) is 0.744. The lowest BCUT2D eigenvalue weighted by Gasteiger charge is -2.14. The molecule has 2 rings (SSSR count). The molecular weight excluding hydrogens is 220 g/mol. The molecule has 0 saturated carbocycles. The topological polar surface area (TPSA) is 71.3 Å². The molecule has 0 amide bonds. The molecule has 17 heavy (non-hydrogen) atoms. The summed E-state index contributed by atoms with van der Waals surface area (Å²) in [6.07, 6.45) is 1.60. The molecule has 2 atom stereocenters. The second-order valence-corrected chi connectivity index (χ2v) is 3.81. The van der Waals surface area contributed by atoms with Crippen molar-refractivity contribution >= 4 is 5.95 Å². The van der Waals surface area contributed by atoms with E-state index in [2.05, 4.69) is 9.97 Å². The zero-order valence-electron chi connectivity index (χ0n) is 9.83. The van der Waals surface area contributed by atoms with Gasteiger partial charge in [0.25, 0.3) is 0 Å². The molecule has 6 nitrogen and oxygen atoms in total. The van der Waals surface area contributed by atoms with Crippen molar-refractivity contribution in [2.45, 2.75) is 12.2 Å². The van der Waals surface area contributed by atoms with Crippen LogP contribution in [-0.2, 0) is 9.47 Å². The fourth-order valence-electron chi connectivity index (χ4n) is 1.92. The number of ether oxygens (including phenoxy) is 2. The Morgan fingerprint density at radius 3 is 2.53 bits per heavy atom. The average Bonchev–Trinajstić information content (AvgIpc) is 2.82. The van der Waals surface area contributed by atoms with Gasteiger partial charge < -0.3 is 14.4 Å². The molecule has 0 N–H and O–H groups in total. The van der Waals surface area contributed by atoms with Crippen molar-refractivity contribution in [2.24, 2.45) is 0 Å². The van der Waals surface area contributed by atoms with E-state index in [1.54, 1.807) is 26.5 Å². The predicted octanol–water partition coefficient (Wildman–Crippen LogP) is 0.198. The second kappa shape index (κ2) is 5.08. The number of anilines is 1. The summed E-state index contributed by atoms with van der Waals surface area (Å²) in [5.74, 6) is 0.547. The minimum absolute atomic E-state index is 0.00865. The van der Waals surface area contributed by atoms with Crippen LogP contribution in [0.5, 0.6) is 0 Å². The fraction of sp³-hybridized carbons (Fsp3) is 0.545. The summed E-state index contributed by atoms with van der Waals surface area (Å²) in [6.45, 7) is 1.34. The van der Waals surface area contributed by atoms with E-state index in [0.29, 0.717) is 24.7 Å². The zero-order chi connectivity index (χ0) is 12.3. The smallest absolute Gasteiger partial charge is 0.226 e. The van der Waals surface area contributed by atoms with Gasteiger partial charge in [-0.15, -0.1) is 0 Å². The van der Waals surface area contributed by atoms with Gasteiger partial charge >= 0.3 is 0 Å². The van der Waals surface area contributed by atoms with Crippen LogP contribution in [0.2, 0.25) is 0 Å². The normalized spacial score (nSPS) is 23.7. The Bertz CT molecular complexity index is 420. The molecule has 1 saturated heterocycles. The molecule has 0 bridgehead atoms. The van der Waals surface area contributed by atoms with Crippen LogP contribution in [0, 0.1) is 11.3 Å². The first-order valence-electron chi connectivity index (χ1n) is 5.32. The van der Waals surface area contributed by atoms with Crippen LogP contribution in [0.3, 0.4) is 0 Å². The Kier molecular flexibility index (Phi) is 3.52. The van der Waals surface area contributed by atoms with E-state index in [1.165, 1.54) is 0 Å².